The topological polar surface area (TPSA) is 12.5 Å². The molecular formula is C21H37NOSi. The summed E-state index contributed by atoms with van der Waals surface area (Å²) in [6, 6.07) is 12.9. The standard InChI is InChI=1S/C21H37NOSi/c1-4-7-17-24(6-3,18-8-5-2)23-16-15-22-14-13-20-11-9-10-12-21(20)19-22/h9-12H,4-8,13-19H2,1-3H3. The molecule has 0 spiro atoms. The van der Waals surface area contributed by atoms with Gasteiger partial charge in [0, 0.05) is 26.2 Å². The van der Waals surface area contributed by atoms with Gasteiger partial charge in [0.05, 0.1) is 0 Å². The zero-order valence-electron chi connectivity index (χ0n) is 16.2. The van der Waals surface area contributed by atoms with Crippen LogP contribution in [0.3, 0.4) is 0 Å². The number of nitrogens with zero attached hydrogens (tertiary/aromatic N) is 1. The maximum absolute atomic E-state index is 6.67. The summed E-state index contributed by atoms with van der Waals surface area (Å²) in [5.74, 6) is 0. The lowest BCUT2D eigenvalue weighted by atomic mass is 10.0. The van der Waals surface area contributed by atoms with E-state index in [-0.39, 0.29) is 0 Å². The van der Waals surface area contributed by atoms with Gasteiger partial charge in [0.2, 0.25) is 0 Å². The van der Waals surface area contributed by atoms with Crippen molar-refractivity contribution < 1.29 is 4.43 Å². The van der Waals surface area contributed by atoms with E-state index in [2.05, 4.69) is 49.9 Å². The molecule has 1 aromatic carbocycles. The zero-order valence-corrected chi connectivity index (χ0v) is 17.2. The number of unbranched alkanes of at least 4 members (excludes halogenated alkanes) is 2. The highest BCUT2D eigenvalue weighted by Crippen LogP contribution is 2.27. The molecule has 24 heavy (non-hydrogen) atoms. The van der Waals surface area contributed by atoms with Crippen LogP contribution in [0.4, 0.5) is 0 Å². The van der Waals surface area contributed by atoms with Crippen molar-refractivity contribution >= 4 is 8.32 Å². The van der Waals surface area contributed by atoms with Gasteiger partial charge in [-0.05, 0) is 35.7 Å². The highest BCUT2D eigenvalue weighted by Gasteiger charge is 2.31. The van der Waals surface area contributed by atoms with E-state index in [0.717, 1.165) is 19.7 Å². The molecule has 3 heteroatoms. The van der Waals surface area contributed by atoms with E-state index in [1.165, 1.54) is 67.9 Å². The van der Waals surface area contributed by atoms with Gasteiger partial charge < -0.3 is 4.43 Å². The lowest BCUT2D eigenvalue weighted by Gasteiger charge is -2.33. The molecule has 0 amide bonds. The molecular weight excluding hydrogens is 310 g/mol. The molecule has 2 rings (SSSR count). The molecule has 1 heterocycles. The van der Waals surface area contributed by atoms with E-state index in [9.17, 15) is 0 Å². The van der Waals surface area contributed by atoms with Crippen molar-refractivity contribution in [3.63, 3.8) is 0 Å². The van der Waals surface area contributed by atoms with E-state index in [1.807, 2.05) is 0 Å². The Balaban J connectivity index is 1.83. The summed E-state index contributed by atoms with van der Waals surface area (Å²) in [6.45, 7) is 11.3. The number of rotatable bonds is 11. The van der Waals surface area contributed by atoms with Crippen molar-refractivity contribution in [1.82, 2.24) is 4.90 Å². The van der Waals surface area contributed by atoms with Gasteiger partial charge in [0.15, 0.2) is 8.32 Å². The third-order valence-electron chi connectivity index (χ3n) is 5.64. The minimum absolute atomic E-state index is 0.940. The van der Waals surface area contributed by atoms with E-state index in [0.29, 0.717) is 0 Å². The lowest BCUT2D eigenvalue weighted by Crippen LogP contribution is -2.41. The van der Waals surface area contributed by atoms with Crippen LogP contribution in [0.1, 0.15) is 57.6 Å². The van der Waals surface area contributed by atoms with Crippen molar-refractivity contribution in [2.24, 2.45) is 0 Å². The Morgan fingerprint density at radius 2 is 1.67 bits per heavy atom. The van der Waals surface area contributed by atoms with Crippen LogP contribution >= 0.6 is 0 Å². The number of benzene rings is 1. The van der Waals surface area contributed by atoms with Gasteiger partial charge in [0.25, 0.3) is 0 Å². The van der Waals surface area contributed by atoms with Gasteiger partial charge in [0.1, 0.15) is 0 Å². The largest absolute Gasteiger partial charge is 0.416 e. The molecule has 1 aliphatic rings. The van der Waals surface area contributed by atoms with Gasteiger partial charge in [-0.25, -0.2) is 0 Å². The first-order valence-corrected chi connectivity index (χ1v) is 12.7. The second-order valence-electron chi connectivity index (χ2n) is 7.39. The van der Waals surface area contributed by atoms with Crippen LogP contribution in [0.15, 0.2) is 24.3 Å². The Kier molecular flexibility index (Phi) is 8.50. The Bertz CT molecular complexity index is 469. The Morgan fingerprint density at radius 1 is 1.00 bits per heavy atom. The van der Waals surface area contributed by atoms with Crippen molar-refractivity contribution in [2.45, 2.75) is 77.6 Å². The monoisotopic (exact) mass is 347 g/mol. The molecule has 0 bridgehead atoms. The average Bonchev–Trinajstić information content (AvgIpc) is 2.63. The molecule has 1 aliphatic heterocycles. The quantitative estimate of drug-likeness (QED) is 0.481. The highest BCUT2D eigenvalue weighted by atomic mass is 28.4. The second kappa shape index (κ2) is 10.4. The van der Waals surface area contributed by atoms with E-state index in [4.69, 9.17) is 4.43 Å². The summed E-state index contributed by atoms with van der Waals surface area (Å²) in [6.07, 6.45) is 6.49. The molecule has 0 unspecified atom stereocenters. The first-order chi connectivity index (χ1) is 11.7. The molecule has 0 saturated carbocycles. The molecule has 136 valence electrons. The maximum atomic E-state index is 6.67. The molecule has 0 radical (unpaired) electrons. The van der Waals surface area contributed by atoms with Gasteiger partial charge in [-0.2, -0.15) is 0 Å². The first-order valence-electron chi connectivity index (χ1n) is 10.2. The van der Waals surface area contributed by atoms with Crippen molar-refractivity contribution in [1.29, 1.82) is 0 Å². The van der Waals surface area contributed by atoms with Gasteiger partial charge in [-0.1, -0.05) is 70.7 Å². The normalized spacial score (nSPS) is 15.5. The highest BCUT2D eigenvalue weighted by molar-refractivity contribution is 6.73. The molecule has 0 fully saturated rings. The molecule has 2 nitrogen and oxygen atoms in total. The van der Waals surface area contributed by atoms with Crippen LogP contribution in [-0.4, -0.2) is 32.9 Å². The minimum atomic E-state index is -1.49. The molecule has 0 aliphatic carbocycles. The van der Waals surface area contributed by atoms with Crippen LogP contribution in [0, 0.1) is 0 Å². The molecule has 0 aromatic heterocycles. The van der Waals surface area contributed by atoms with Crippen molar-refractivity contribution in [3.8, 4) is 0 Å². The summed E-state index contributed by atoms with van der Waals surface area (Å²) < 4.78 is 6.67. The van der Waals surface area contributed by atoms with Gasteiger partial charge in [-0.15, -0.1) is 0 Å². The minimum Gasteiger partial charge on any atom is -0.416 e. The van der Waals surface area contributed by atoms with Crippen LogP contribution in [0.25, 0.3) is 0 Å². The molecule has 0 atom stereocenters. The third kappa shape index (κ3) is 5.71. The summed E-state index contributed by atoms with van der Waals surface area (Å²) in [5.41, 5.74) is 3.05. The number of fused-ring (bicyclic) bond motifs is 1. The van der Waals surface area contributed by atoms with E-state index in [1.54, 1.807) is 0 Å². The molecule has 0 N–H and O–H groups in total. The molecule has 1 aromatic rings. The van der Waals surface area contributed by atoms with Gasteiger partial charge >= 0.3 is 0 Å². The third-order valence-corrected chi connectivity index (χ3v) is 10.3. The summed E-state index contributed by atoms with van der Waals surface area (Å²) in [5, 5.41) is 0. The SMILES string of the molecule is CCCC[Si](CC)(CCCC)OCCN1CCc2ccccc2C1. The van der Waals surface area contributed by atoms with Crippen LogP contribution in [0.5, 0.6) is 0 Å². The average molecular weight is 348 g/mol. The second-order valence-corrected chi connectivity index (χ2v) is 11.7. The predicted molar refractivity (Wildman–Crippen MR) is 107 cm³/mol. The number of hydrogen-bond acceptors (Lipinski definition) is 2. The van der Waals surface area contributed by atoms with E-state index < -0.39 is 8.32 Å². The summed E-state index contributed by atoms with van der Waals surface area (Å²) in [4.78, 5) is 2.58. The predicted octanol–water partition coefficient (Wildman–Crippen LogP) is 5.63. The summed E-state index contributed by atoms with van der Waals surface area (Å²) >= 11 is 0. The zero-order chi connectivity index (χ0) is 17.3. The van der Waals surface area contributed by atoms with Gasteiger partial charge in [-0.3, -0.25) is 4.90 Å². The van der Waals surface area contributed by atoms with Crippen molar-refractivity contribution in [3.05, 3.63) is 35.4 Å². The Hall–Kier alpha value is -0.643. The van der Waals surface area contributed by atoms with E-state index >= 15 is 0 Å². The Labute approximate surface area is 150 Å². The number of hydrogen-bond donors (Lipinski definition) is 0. The summed E-state index contributed by atoms with van der Waals surface area (Å²) in [7, 11) is -1.49. The fourth-order valence-corrected chi connectivity index (χ4v) is 7.83. The van der Waals surface area contributed by atoms with Crippen LogP contribution < -0.4 is 0 Å². The Morgan fingerprint density at radius 3 is 2.29 bits per heavy atom. The smallest absolute Gasteiger partial charge is 0.192 e. The van der Waals surface area contributed by atoms with Crippen LogP contribution in [0.2, 0.25) is 18.1 Å². The van der Waals surface area contributed by atoms with Crippen molar-refractivity contribution in [2.75, 3.05) is 19.7 Å². The fourth-order valence-electron chi connectivity index (χ4n) is 3.86. The lowest BCUT2D eigenvalue weighted by molar-refractivity contribution is 0.188. The molecule has 0 saturated heterocycles. The van der Waals surface area contributed by atoms with Crippen LogP contribution in [-0.2, 0) is 17.4 Å². The first kappa shape index (κ1) is 19.7. The maximum Gasteiger partial charge on any atom is 0.192 e. The fraction of sp³-hybridized carbons (Fsp3) is 0.714.